The van der Waals surface area contributed by atoms with Crippen molar-refractivity contribution in [3.8, 4) is 0 Å². The number of piperidine rings is 1. The number of carboxylic acid groups (broad SMARTS) is 1. The highest BCUT2D eigenvalue weighted by Crippen LogP contribution is 2.30. The van der Waals surface area contributed by atoms with Gasteiger partial charge in [0.15, 0.2) is 0 Å². The molecular formula is C17H23NO3S. The standard InChI is InChI=1S/C17H23NO3S/c19-16(18-9-5-7-13(11-18)17(20)21)15-10-12-6-3-1-2-4-8-14(12)22-15/h10,13H,1-9,11H2,(H,20,21). The number of amides is 1. The molecule has 3 rings (SSSR count). The van der Waals surface area contributed by atoms with Crippen LogP contribution in [0, 0.1) is 5.92 Å². The Morgan fingerprint density at radius 2 is 1.91 bits per heavy atom. The third kappa shape index (κ3) is 3.35. The van der Waals surface area contributed by atoms with E-state index < -0.39 is 11.9 Å². The van der Waals surface area contributed by atoms with Gasteiger partial charge in [0, 0.05) is 18.0 Å². The van der Waals surface area contributed by atoms with Crippen molar-refractivity contribution in [2.45, 2.75) is 51.4 Å². The minimum atomic E-state index is -0.782. The monoisotopic (exact) mass is 321 g/mol. The molecule has 2 aliphatic rings. The number of nitrogens with zero attached hydrogens (tertiary/aromatic N) is 1. The molecule has 0 saturated carbocycles. The summed E-state index contributed by atoms with van der Waals surface area (Å²) in [6.07, 6.45) is 8.63. The van der Waals surface area contributed by atoms with E-state index in [1.54, 1.807) is 16.2 Å². The molecule has 1 saturated heterocycles. The number of carbonyl (C=O) groups excluding carboxylic acids is 1. The van der Waals surface area contributed by atoms with Crippen molar-refractivity contribution in [1.29, 1.82) is 0 Å². The lowest BCUT2D eigenvalue weighted by atomic mass is 9.98. The summed E-state index contributed by atoms with van der Waals surface area (Å²) in [4.78, 5) is 27.8. The fraction of sp³-hybridized carbons (Fsp3) is 0.647. The molecule has 22 heavy (non-hydrogen) atoms. The van der Waals surface area contributed by atoms with Gasteiger partial charge in [-0.2, -0.15) is 0 Å². The lowest BCUT2D eigenvalue weighted by Crippen LogP contribution is -2.42. The van der Waals surface area contributed by atoms with Crippen LogP contribution in [0.3, 0.4) is 0 Å². The lowest BCUT2D eigenvalue weighted by Gasteiger charge is -2.30. The van der Waals surface area contributed by atoms with E-state index in [0.717, 1.165) is 24.1 Å². The third-order valence-corrected chi connectivity index (χ3v) is 5.99. The summed E-state index contributed by atoms with van der Waals surface area (Å²) in [6.45, 7) is 1.04. The molecule has 5 heteroatoms. The van der Waals surface area contributed by atoms with Crippen molar-refractivity contribution >= 4 is 23.2 Å². The van der Waals surface area contributed by atoms with E-state index in [0.29, 0.717) is 19.5 Å². The zero-order valence-electron chi connectivity index (χ0n) is 12.8. The third-order valence-electron chi connectivity index (χ3n) is 4.77. The maximum Gasteiger partial charge on any atom is 0.308 e. The van der Waals surface area contributed by atoms with E-state index in [-0.39, 0.29) is 5.91 Å². The highest BCUT2D eigenvalue weighted by molar-refractivity contribution is 7.14. The van der Waals surface area contributed by atoms with Gasteiger partial charge in [-0.1, -0.05) is 12.8 Å². The number of hydrogen-bond acceptors (Lipinski definition) is 3. The van der Waals surface area contributed by atoms with E-state index >= 15 is 0 Å². The topological polar surface area (TPSA) is 57.6 Å². The second-order valence-electron chi connectivity index (χ2n) is 6.40. The Labute approximate surface area is 135 Å². The number of carboxylic acids is 1. The van der Waals surface area contributed by atoms with E-state index in [4.69, 9.17) is 5.11 Å². The van der Waals surface area contributed by atoms with Gasteiger partial charge in [0.05, 0.1) is 10.8 Å². The van der Waals surface area contributed by atoms with Crippen molar-refractivity contribution < 1.29 is 14.7 Å². The highest BCUT2D eigenvalue weighted by atomic mass is 32.1. The molecule has 1 N–H and O–H groups in total. The van der Waals surface area contributed by atoms with Crippen LogP contribution in [0.2, 0.25) is 0 Å². The molecule has 0 aromatic carbocycles. The van der Waals surface area contributed by atoms with Crippen molar-refractivity contribution in [2.75, 3.05) is 13.1 Å². The van der Waals surface area contributed by atoms with Crippen LogP contribution in [0.1, 0.15) is 58.6 Å². The fourth-order valence-electron chi connectivity index (χ4n) is 3.47. The summed E-state index contributed by atoms with van der Waals surface area (Å²) >= 11 is 1.63. The first kappa shape index (κ1) is 15.5. The Bertz CT molecular complexity index is 541. The second-order valence-corrected chi connectivity index (χ2v) is 7.54. The smallest absolute Gasteiger partial charge is 0.308 e. The average Bonchev–Trinajstić information content (AvgIpc) is 2.89. The number of likely N-dealkylation sites (tertiary alicyclic amines) is 1. The zero-order chi connectivity index (χ0) is 15.5. The van der Waals surface area contributed by atoms with Gasteiger partial charge in [-0.15, -0.1) is 11.3 Å². The molecule has 1 aromatic rings. The molecule has 0 bridgehead atoms. The number of aliphatic carboxylic acids is 1. The van der Waals surface area contributed by atoms with Gasteiger partial charge in [-0.25, -0.2) is 0 Å². The largest absolute Gasteiger partial charge is 0.481 e. The maximum atomic E-state index is 12.7. The molecule has 1 fully saturated rings. The summed E-state index contributed by atoms with van der Waals surface area (Å²) in [6, 6.07) is 2.07. The molecule has 4 nitrogen and oxygen atoms in total. The van der Waals surface area contributed by atoms with Gasteiger partial charge in [0.1, 0.15) is 0 Å². The molecule has 1 aromatic heterocycles. The van der Waals surface area contributed by atoms with Crippen LogP contribution in [0.4, 0.5) is 0 Å². The Morgan fingerprint density at radius 3 is 2.68 bits per heavy atom. The van der Waals surface area contributed by atoms with E-state index in [1.807, 2.05) is 0 Å². The molecule has 120 valence electrons. The van der Waals surface area contributed by atoms with Crippen LogP contribution in [0.25, 0.3) is 0 Å². The number of aryl methyl sites for hydroxylation is 2. The van der Waals surface area contributed by atoms with Gasteiger partial charge in [-0.3, -0.25) is 9.59 Å². The molecule has 0 radical (unpaired) electrons. The molecule has 1 amide bonds. The normalized spacial score (nSPS) is 22.5. The van der Waals surface area contributed by atoms with E-state index in [2.05, 4.69) is 6.07 Å². The molecule has 1 aliphatic carbocycles. The number of fused-ring (bicyclic) bond motifs is 1. The zero-order valence-corrected chi connectivity index (χ0v) is 13.7. The van der Waals surface area contributed by atoms with Gasteiger partial charge >= 0.3 is 5.97 Å². The first-order valence-electron chi connectivity index (χ1n) is 8.29. The molecule has 2 heterocycles. The predicted octanol–water partition coefficient (Wildman–Crippen LogP) is 3.34. The first-order chi connectivity index (χ1) is 10.6. The van der Waals surface area contributed by atoms with Crippen LogP contribution < -0.4 is 0 Å². The summed E-state index contributed by atoms with van der Waals surface area (Å²) in [7, 11) is 0. The molecule has 0 spiro atoms. The number of rotatable bonds is 2. The molecule has 1 atom stereocenters. The average molecular weight is 321 g/mol. The quantitative estimate of drug-likeness (QED) is 0.909. The number of hydrogen-bond donors (Lipinski definition) is 1. The maximum absolute atomic E-state index is 12.7. The number of carbonyl (C=O) groups is 2. The second kappa shape index (κ2) is 6.82. The summed E-state index contributed by atoms with van der Waals surface area (Å²) in [5, 5.41) is 9.17. The molecule has 1 unspecified atom stereocenters. The van der Waals surface area contributed by atoms with Crippen LogP contribution in [-0.2, 0) is 17.6 Å². The van der Waals surface area contributed by atoms with Crippen molar-refractivity contribution in [2.24, 2.45) is 5.92 Å². The van der Waals surface area contributed by atoms with Crippen molar-refractivity contribution in [3.05, 3.63) is 21.4 Å². The van der Waals surface area contributed by atoms with E-state index in [9.17, 15) is 9.59 Å². The Balaban J connectivity index is 1.74. The van der Waals surface area contributed by atoms with Gasteiger partial charge in [0.25, 0.3) is 5.91 Å². The molecule has 1 aliphatic heterocycles. The van der Waals surface area contributed by atoms with Gasteiger partial charge in [-0.05, 0) is 50.2 Å². The predicted molar refractivity (Wildman–Crippen MR) is 86.5 cm³/mol. The highest BCUT2D eigenvalue weighted by Gasteiger charge is 2.29. The Hall–Kier alpha value is -1.36. The Kier molecular flexibility index (Phi) is 4.81. The first-order valence-corrected chi connectivity index (χ1v) is 9.10. The van der Waals surface area contributed by atoms with Crippen LogP contribution in [-0.4, -0.2) is 35.0 Å². The SMILES string of the molecule is O=C(O)C1CCCN(C(=O)c2cc3c(s2)CCCCCC3)C1. The Morgan fingerprint density at radius 1 is 1.14 bits per heavy atom. The van der Waals surface area contributed by atoms with Crippen molar-refractivity contribution in [1.82, 2.24) is 4.90 Å². The summed E-state index contributed by atoms with van der Waals surface area (Å²) in [5.74, 6) is -1.16. The number of thiophene rings is 1. The summed E-state index contributed by atoms with van der Waals surface area (Å²) in [5.41, 5.74) is 1.35. The van der Waals surface area contributed by atoms with Gasteiger partial charge < -0.3 is 10.0 Å². The van der Waals surface area contributed by atoms with Crippen LogP contribution in [0.15, 0.2) is 6.07 Å². The fourth-order valence-corrected chi connectivity index (χ4v) is 4.69. The van der Waals surface area contributed by atoms with Crippen LogP contribution in [0.5, 0.6) is 0 Å². The van der Waals surface area contributed by atoms with Crippen molar-refractivity contribution in [3.63, 3.8) is 0 Å². The summed E-state index contributed by atoms with van der Waals surface area (Å²) < 4.78 is 0. The van der Waals surface area contributed by atoms with E-state index in [1.165, 1.54) is 36.1 Å². The van der Waals surface area contributed by atoms with Crippen LogP contribution >= 0.6 is 11.3 Å². The molecular weight excluding hydrogens is 298 g/mol. The lowest BCUT2D eigenvalue weighted by molar-refractivity contribution is -0.143. The minimum Gasteiger partial charge on any atom is -0.481 e. The minimum absolute atomic E-state index is 0.0303. The van der Waals surface area contributed by atoms with Gasteiger partial charge in [0.2, 0.25) is 0 Å².